The van der Waals surface area contributed by atoms with Gasteiger partial charge in [0, 0.05) is 11.9 Å². The Kier molecular flexibility index (Phi) is 3.33. The Hall–Kier alpha value is -1.17. The van der Waals surface area contributed by atoms with Crippen molar-refractivity contribution >= 4 is 32.5 Å². The third-order valence-corrected chi connectivity index (χ3v) is 4.03. The molecule has 0 aliphatic heterocycles. The number of aromatic nitrogens is 1. The minimum atomic E-state index is -3.42. The fourth-order valence-electron chi connectivity index (χ4n) is 1.52. The molecule has 0 saturated heterocycles. The highest BCUT2D eigenvalue weighted by atomic mass is 35.5. The van der Waals surface area contributed by atoms with E-state index in [4.69, 9.17) is 11.6 Å². The molecular formula is C11H11ClN2O2S. The van der Waals surface area contributed by atoms with Crippen LogP contribution in [-0.4, -0.2) is 19.9 Å². The Bertz CT molecular complexity index is 656. The summed E-state index contributed by atoms with van der Waals surface area (Å²) in [5.41, 5.74) is 0.674. The summed E-state index contributed by atoms with van der Waals surface area (Å²) in [6.45, 7) is 2.10. The van der Waals surface area contributed by atoms with Crippen LogP contribution >= 0.6 is 11.6 Å². The number of pyridine rings is 1. The fraction of sp³-hybridized carbons (Fsp3) is 0.182. The Morgan fingerprint density at radius 3 is 2.76 bits per heavy atom. The van der Waals surface area contributed by atoms with Crippen molar-refractivity contribution in [3.05, 3.63) is 35.5 Å². The van der Waals surface area contributed by atoms with Gasteiger partial charge in [0.2, 0.25) is 10.0 Å². The molecule has 0 spiro atoms. The van der Waals surface area contributed by atoms with Gasteiger partial charge in [-0.15, -0.1) is 0 Å². The van der Waals surface area contributed by atoms with E-state index in [1.54, 1.807) is 31.2 Å². The van der Waals surface area contributed by atoms with Crippen LogP contribution in [0.25, 0.3) is 10.9 Å². The second-order valence-electron chi connectivity index (χ2n) is 3.49. The Morgan fingerprint density at radius 2 is 2.06 bits per heavy atom. The van der Waals surface area contributed by atoms with Crippen molar-refractivity contribution in [3.8, 4) is 0 Å². The topological polar surface area (TPSA) is 59.1 Å². The normalized spacial score (nSPS) is 11.9. The van der Waals surface area contributed by atoms with Crippen molar-refractivity contribution in [3.63, 3.8) is 0 Å². The quantitative estimate of drug-likeness (QED) is 0.870. The first-order chi connectivity index (χ1) is 8.03. The molecule has 0 atom stereocenters. The van der Waals surface area contributed by atoms with Crippen molar-refractivity contribution in [1.82, 2.24) is 9.71 Å². The van der Waals surface area contributed by atoms with Gasteiger partial charge in [-0.3, -0.25) is 0 Å². The molecule has 0 unspecified atom stereocenters. The number of nitrogens with zero attached hydrogens (tertiary/aromatic N) is 1. The van der Waals surface area contributed by atoms with Crippen molar-refractivity contribution in [2.75, 3.05) is 6.54 Å². The summed E-state index contributed by atoms with van der Waals surface area (Å²) in [5.74, 6) is 0. The lowest BCUT2D eigenvalue weighted by atomic mass is 10.2. The molecule has 0 radical (unpaired) electrons. The third kappa shape index (κ3) is 2.57. The maximum atomic E-state index is 11.8. The molecule has 0 saturated carbocycles. The van der Waals surface area contributed by atoms with Gasteiger partial charge in [0.05, 0.1) is 10.4 Å². The van der Waals surface area contributed by atoms with E-state index in [-0.39, 0.29) is 4.90 Å². The number of fused-ring (bicyclic) bond motifs is 1. The average molecular weight is 271 g/mol. The van der Waals surface area contributed by atoms with Crippen LogP contribution in [0.5, 0.6) is 0 Å². The molecule has 17 heavy (non-hydrogen) atoms. The lowest BCUT2D eigenvalue weighted by Gasteiger charge is -2.05. The summed E-state index contributed by atoms with van der Waals surface area (Å²) < 4.78 is 26.0. The summed E-state index contributed by atoms with van der Waals surface area (Å²) >= 11 is 5.76. The van der Waals surface area contributed by atoms with Crippen molar-refractivity contribution in [1.29, 1.82) is 0 Å². The molecule has 4 nitrogen and oxygen atoms in total. The van der Waals surface area contributed by atoms with Crippen LogP contribution in [0.2, 0.25) is 5.15 Å². The predicted octanol–water partition coefficient (Wildman–Crippen LogP) is 2.19. The highest BCUT2D eigenvalue weighted by Gasteiger charge is 2.12. The van der Waals surface area contributed by atoms with Crippen LogP contribution in [0, 0.1) is 0 Å². The smallest absolute Gasteiger partial charge is 0.236 e. The van der Waals surface area contributed by atoms with Crippen molar-refractivity contribution < 1.29 is 8.42 Å². The molecule has 1 heterocycles. The van der Waals surface area contributed by atoms with Crippen LogP contribution < -0.4 is 4.72 Å². The van der Waals surface area contributed by atoms with Gasteiger partial charge in [-0.25, -0.2) is 18.1 Å². The van der Waals surface area contributed by atoms with Crippen LogP contribution in [0.15, 0.2) is 35.2 Å². The zero-order valence-corrected chi connectivity index (χ0v) is 10.7. The number of halogens is 1. The molecule has 1 N–H and O–H groups in total. The molecule has 0 aliphatic carbocycles. The maximum absolute atomic E-state index is 11.8. The van der Waals surface area contributed by atoms with Gasteiger partial charge in [-0.1, -0.05) is 18.5 Å². The van der Waals surface area contributed by atoms with Gasteiger partial charge < -0.3 is 0 Å². The number of nitrogens with one attached hydrogen (secondary N) is 1. The van der Waals surface area contributed by atoms with Crippen molar-refractivity contribution in [2.45, 2.75) is 11.8 Å². The number of hydrogen-bond acceptors (Lipinski definition) is 3. The highest BCUT2D eigenvalue weighted by molar-refractivity contribution is 7.89. The molecule has 2 rings (SSSR count). The lowest BCUT2D eigenvalue weighted by Crippen LogP contribution is -2.23. The first-order valence-corrected chi connectivity index (χ1v) is 6.95. The van der Waals surface area contributed by atoms with Crippen LogP contribution in [0.4, 0.5) is 0 Å². The van der Waals surface area contributed by atoms with E-state index in [2.05, 4.69) is 9.71 Å². The summed E-state index contributed by atoms with van der Waals surface area (Å²) in [6, 6.07) is 8.12. The molecule has 2 aromatic rings. The molecular weight excluding hydrogens is 260 g/mol. The van der Waals surface area contributed by atoms with Gasteiger partial charge in [-0.05, 0) is 30.3 Å². The fourth-order valence-corrected chi connectivity index (χ4v) is 2.75. The van der Waals surface area contributed by atoms with E-state index in [0.29, 0.717) is 17.2 Å². The molecule has 0 amide bonds. The van der Waals surface area contributed by atoms with E-state index in [1.807, 2.05) is 0 Å². The van der Waals surface area contributed by atoms with Crippen LogP contribution in [0.1, 0.15) is 6.92 Å². The van der Waals surface area contributed by atoms with Crippen molar-refractivity contribution in [2.24, 2.45) is 0 Å². The van der Waals surface area contributed by atoms with Gasteiger partial charge in [0.1, 0.15) is 5.15 Å². The molecule has 1 aromatic heterocycles. The molecule has 90 valence electrons. The zero-order chi connectivity index (χ0) is 12.5. The molecule has 1 aromatic carbocycles. The molecule has 6 heteroatoms. The van der Waals surface area contributed by atoms with Gasteiger partial charge in [0.25, 0.3) is 0 Å². The number of rotatable bonds is 3. The second kappa shape index (κ2) is 4.60. The van der Waals surface area contributed by atoms with Gasteiger partial charge >= 0.3 is 0 Å². The standard InChI is InChI=1S/C11H11ClN2O2S/c1-2-13-17(15,16)9-4-5-10-8(7-9)3-6-11(12)14-10/h3-7,13H,2H2,1H3. The first kappa shape index (κ1) is 12.3. The van der Waals surface area contributed by atoms with E-state index in [1.165, 1.54) is 6.07 Å². The zero-order valence-electron chi connectivity index (χ0n) is 9.14. The van der Waals surface area contributed by atoms with Crippen LogP contribution in [0.3, 0.4) is 0 Å². The summed E-state index contributed by atoms with van der Waals surface area (Å²) in [6.07, 6.45) is 0. The number of sulfonamides is 1. The van der Waals surface area contributed by atoms with E-state index in [0.717, 1.165) is 5.39 Å². The highest BCUT2D eigenvalue weighted by Crippen LogP contribution is 2.19. The summed E-state index contributed by atoms with van der Waals surface area (Å²) in [7, 11) is -3.42. The van der Waals surface area contributed by atoms with E-state index >= 15 is 0 Å². The SMILES string of the molecule is CCNS(=O)(=O)c1ccc2nc(Cl)ccc2c1. The minimum absolute atomic E-state index is 0.232. The Balaban J connectivity index is 2.56. The maximum Gasteiger partial charge on any atom is 0.240 e. The largest absolute Gasteiger partial charge is 0.240 e. The van der Waals surface area contributed by atoms with Gasteiger partial charge in [0.15, 0.2) is 0 Å². The lowest BCUT2D eigenvalue weighted by molar-refractivity contribution is 0.584. The predicted molar refractivity (Wildman–Crippen MR) is 67.6 cm³/mol. The monoisotopic (exact) mass is 270 g/mol. The Labute approximate surface area is 105 Å². The second-order valence-corrected chi connectivity index (χ2v) is 5.64. The van der Waals surface area contributed by atoms with E-state index in [9.17, 15) is 8.42 Å². The number of hydrogen-bond donors (Lipinski definition) is 1. The summed E-state index contributed by atoms with van der Waals surface area (Å²) in [4.78, 5) is 4.33. The molecule has 0 bridgehead atoms. The average Bonchev–Trinajstić information content (AvgIpc) is 2.28. The van der Waals surface area contributed by atoms with Crippen LogP contribution in [-0.2, 0) is 10.0 Å². The minimum Gasteiger partial charge on any atom is -0.236 e. The molecule has 0 fully saturated rings. The summed E-state index contributed by atoms with van der Waals surface area (Å²) in [5, 5.41) is 1.13. The third-order valence-electron chi connectivity index (χ3n) is 2.27. The molecule has 0 aliphatic rings. The Morgan fingerprint density at radius 1 is 1.29 bits per heavy atom. The number of benzene rings is 1. The first-order valence-electron chi connectivity index (χ1n) is 5.09. The van der Waals surface area contributed by atoms with Gasteiger partial charge in [-0.2, -0.15) is 0 Å². The van der Waals surface area contributed by atoms with E-state index < -0.39 is 10.0 Å².